The predicted octanol–water partition coefficient (Wildman–Crippen LogP) is 4.07. The molecule has 0 fully saturated rings. The van der Waals surface area contributed by atoms with Crippen molar-refractivity contribution in [1.29, 1.82) is 0 Å². The van der Waals surface area contributed by atoms with Gasteiger partial charge in [-0.05, 0) is 53.0 Å². The summed E-state index contributed by atoms with van der Waals surface area (Å²) in [5.74, 6) is 1.43. The highest BCUT2D eigenvalue weighted by Crippen LogP contribution is 2.37. The second-order valence-corrected chi connectivity index (χ2v) is 6.67. The van der Waals surface area contributed by atoms with Gasteiger partial charge in [-0.3, -0.25) is 0 Å². The van der Waals surface area contributed by atoms with Gasteiger partial charge in [0.2, 0.25) is 0 Å². The Morgan fingerprint density at radius 3 is 2.62 bits per heavy atom. The molecular weight excluding hydrogens is 396 g/mol. The molecule has 1 heterocycles. The van der Waals surface area contributed by atoms with Crippen molar-refractivity contribution in [2.45, 2.75) is 27.0 Å². The number of benzene rings is 2. The van der Waals surface area contributed by atoms with E-state index in [2.05, 4.69) is 56.7 Å². The first-order chi connectivity index (χ1) is 12.7. The molecule has 0 amide bonds. The van der Waals surface area contributed by atoms with Gasteiger partial charge in [0.05, 0.1) is 17.6 Å². The Morgan fingerprint density at radius 2 is 1.88 bits per heavy atom. The third-order valence-corrected chi connectivity index (χ3v) is 4.31. The zero-order valence-electron chi connectivity index (χ0n) is 14.8. The van der Waals surface area contributed by atoms with E-state index in [1.807, 2.05) is 25.1 Å². The first kappa shape index (κ1) is 18.3. The van der Waals surface area contributed by atoms with Crippen LogP contribution in [0.15, 0.2) is 53.5 Å². The third-order valence-electron chi connectivity index (χ3n) is 3.72. The Labute approximate surface area is 161 Å². The van der Waals surface area contributed by atoms with Crippen LogP contribution in [0.2, 0.25) is 0 Å². The maximum atomic E-state index is 6.05. The minimum Gasteiger partial charge on any atom is -0.490 e. The van der Waals surface area contributed by atoms with Crippen molar-refractivity contribution in [3.63, 3.8) is 0 Å². The lowest BCUT2D eigenvalue weighted by Crippen LogP contribution is -2.12. The van der Waals surface area contributed by atoms with Crippen molar-refractivity contribution in [3.8, 4) is 11.5 Å². The number of rotatable bonds is 8. The third kappa shape index (κ3) is 4.76. The molecule has 0 saturated carbocycles. The topological polar surface area (TPSA) is 61.2 Å². The zero-order valence-corrected chi connectivity index (χ0v) is 16.4. The van der Waals surface area contributed by atoms with Crippen LogP contribution in [0, 0.1) is 6.92 Å². The van der Waals surface area contributed by atoms with Crippen LogP contribution in [0.5, 0.6) is 11.5 Å². The SMILES string of the molecule is CCOc1cc(CNn2cnnc2)cc(Br)c1OCc1cccc(C)c1. The molecule has 2 aromatic carbocycles. The fourth-order valence-corrected chi connectivity index (χ4v) is 3.15. The first-order valence-corrected chi connectivity index (χ1v) is 9.17. The molecule has 3 aromatic rings. The molecule has 1 aromatic heterocycles. The molecule has 0 radical (unpaired) electrons. The lowest BCUT2D eigenvalue weighted by Gasteiger charge is -2.16. The fourth-order valence-electron chi connectivity index (χ4n) is 2.55. The second-order valence-electron chi connectivity index (χ2n) is 5.82. The molecular formula is C19H21BrN4O2. The van der Waals surface area contributed by atoms with Crippen molar-refractivity contribution < 1.29 is 9.47 Å². The van der Waals surface area contributed by atoms with Crippen LogP contribution in [0.3, 0.4) is 0 Å². The minimum atomic E-state index is 0.485. The van der Waals surface area contributed by atoms with Gasteiger partial charge in [-0.2, -0.15) is 0 Å². The normalized spacial score (nSPS) is 10.6. The molecule has 0 aliphatic carbocycles. The summed E-state index contributed by atoms with van der Waals surface area (Å²) in [4.78, 5) is 0. The van der Waals surface area contributed by atoms with Gasteiger partial charge >= 0.3 is 0 Å². The highest BCUT2D eigenvalue weighted by molar-refractivity contribution is 9.10. The number of aryl methyl sites for hydroxylation is 1. The Morgan fingerprint density at radius 1 is 1.08 bits per heavy atom. The van der Waals surface area contributed by atoms with E-state index in [1.165, 1.54) is 5.56 Å². The highest BCUT2D eigenvalue weighted by Gasteiger charge is 2.13. The number of ether oxygens (including phenoxy) is 2. The van der Waals surface area contributed by atoms with E-state index in [4.69, 9.17) is 9.47 Å². The maximum Gasteiger partial charge on any atom is 0.175 e. The molecule has 7 heteroatoms. The van der Waals surface area contributed by atoms with Crippen LogP contribution in [0.4, 0.5) is 0 Å². The Kier molecular flexibility index (Phi) is 6.12. The molecule has 0 aliphatic rings. The summed E-state index contributed by atoms with van der Waals surface area (Å²) < 4.78 is 14.4. The maximum absolute atomic E-state index is 6.05. The van der Waals surface area contributed by atoms with Crippen LogP contribution in [-0.4, -0.2) is 21.5 Å². The largest absolute Gasteiger partial charge is 0.490 e. The summed E-state index contributed by atoms with van der Waals surface area (Å²) in [6, 6.07) is 12.3. The number of halogens is 1. The van der Waals surface area contributed by atoms with Crippen molar-refractivity contribution in [2.75, 3.05) is 12.0 Å². The number of hydrogen-bond donors (Lipinski definition) is 1. The highest BCUT2D eigenvalue weighted by atomic mass is 79.9. The summed E-state index contributed by atoms with van der Waals surface area (Å²) in [7, 11) is 0. The lowest BCUT2D eigenvalue weighted by atomic mass is 10.1. The van der Waals surface area contributed by atoms with Crippen molar-refractivity contribution in [1.82, 2.24) is 14.9 Å². The van der Waals surface area contributed by atoms with E-state index in [1.54, 1.807) is 17.3 Å². The van der Waals surface area contributed by atoms with E-state index < -0.39 is 0 Å². The van der Waals surface area contributed by atoms with Crippen LogP contribution in [-0.2, 0) is 13.2 Å². The molecule has 0 aliphatic heterocycles. The van der Waals surface area contributed by atoms with Crippen LogP contribution in [0.1, 0.15) is 23.6 Å². The van der Waals surface area contributed by atoms with E-state index in [0.29, 0.717) is 25.5 Å². The molecule has 0 unspecified atom stereocenters. The molecule has 6 nitrogen and oxygen atoms in total. The van der Waals surface area contributed by atoms with Gasteiger partial charge in [0.25, 0.3) is 0 Å². The molecule has 0 bridgehead atoms. The molecule has 1 N–H and O–H groups in total. The molecule has 26 heavy (non-hydrogen) atoms. The molecule has 0 saturated heterocycles. The van der Waals surface area contributed by atoms with Crippen molar-refractivity contribution in [2.24, 2.45) is 0 Å². The predicted molar refractivity (Wildman–Crippen MR) is 104 cm³/mol. The quantitative estimate of drug-likeness (QED) is 0.599. The lowest BCUT2D eigenvalue weighted by molar-refractivity contribution is 0.267. The van der Waals surface area contributed by atoms with Gasteiger partial charge < -0.3 is 14.9 Å². The van der Waals surface area contributed by atoms with Gasteiger partial charge in [0.15, 0.2) is 11.5 Å². The van der Waals surface area contributed by atoms with Crippen LogP contribution >= 0.6 is 15.9 Å². The summed E-state index contributed by atoms with van der Waals surface area (Å²) >= 11 is 3.61. The van der Waals surface area contributed by atoms with Crippen LogP contribution < -0.4 is 14.9 Å². The van der Waals surface area contributed by atoms with E-state index in [0.717, 1.165) is 21.3 Å². The average Bonchev–Trinajstić information content (AvgIpc) is 3.13. The van der Waals surface area contributed by atoms with Gasteiger partial charge in [-0.1, -0.05) is 29.8 Å². The van der Waals surface area contributed by atoms with Crippen molar-refractivity contribution >= 4 is 15.9 Å². The van der Waals surface area contributed by atoms with Crippen molar-refractivity contribution in [3.05, 3.63) is 70.2 Å². The number of nitrogens with one attached hydrogen (secondary N) is 1. The van der Waals surface area contributed by atoms with Gasteiger partial charge in [0, 0.05) is 0 Å². The Balaban J connectivity index is 1.75. The Bertz CT molecular complexity index is 853. The average molecular weight is 417 g/mol. The second kappa shape index (κ2) is 8.71. The van der Waals surface area contributed by atoms with E-state index >= 15 is 0 Å². The van der Waals surface area contributed by atoms with Gasteiger partial charge in [0.1, 0.15) is 19.3 Å². The Hall–Kier alpha value is -2.54. The number of nitrogens with zero attached hydrogens (tertiary/aromatic N) is 3. The molecule has 0 atom stereocenters. The van der Waals surface area contributed by atoms with E-state index in [-0.39, 0.29) is 0 Å². The molecule has 136 valence electrons. The first-order valence-electron chi connectivity index (χ1n) is 8.37. The van der Waals surface area contributed by atoms with Gasteiger partial charge in [-0.15, -0.1) is 10.2 Å². The molecule has 0 spiro atoms. The van der Waals surface area contributed by atoms with Gasteiger partial charge in [-0.25, -0.2) is 4.68 Å². The monoisotopic (exact) mass is 416 g/mol. The number of hydrogen-bond acceptors (Lipinski definition) is 5. The fraction of sp³-hybridized carbons (Fsp3) is 0.263. The summed E-state index contributed by atoms with van der Waals surface area (Å²) in [6.07, 6.45) is 3.22. The summed E-state index contributed by atoms with van der Waals surface area (Å²) in [5.41, 5.74) is 6.58. The zero-order chi connectivity index (χ0) is 18.4. The minimum absolute atomic E-state index is 0.485. The van der Waals surface area contributed by atoms with E-state index in [9.17, 15) is 0 Å². The standard InChI is InChI=1S/C19H21BrN4O2/c1-3-25-18-9-16(10-23-24-12-21-22-13-24)8-17(20)19(18)26-11-15-6-4-5-14(2)7-15/h4-9,12-13,23H,3,10-11H2,1-2H3. The molecule has 3 rings (SSSR count). The van der Waals surface area contributed by atoms with Crippen LogP contribution in [0.25, 0.3) is 0 Å². The summed E-state index contributed by atoms with van der Waals surface area (Å²) in [5, 5.41) is 7.54. The number of aromatic nitrogens is 3. The summed E-state index contributed by atoms with van der Waals surface area (Å²) in [6.45, 7) is 5.69. The smallest absolute Gasteiger partial charge is 0.175 e.